The number of fused-ring (bicyclic) bond motifs is 1. The maximum atomic E-state index is 12.2. The van der Waals surface area contributed by atoms with E-state index in [0.29, 0.717) is 38.5 Å². The number of hydrazone groups is 1. The van der Waals surface area contributed by atoms with Crippen molar-refractivity contribution in [2.24, 2.45) is 5.10 Å². The number of hydrogen-bond donors (Lipinski definition) is 2. The Balaban J connectivity index is 1.32. The van der Waals surface area contributed by atoms with Crippen LogP contribution in [-0.2, 0) is 9.59 Å². The number of rotatable bonds is 10. The minimum atomic E-state index is -0.434. The Hall–Kier alpha value is -4.44. The molecule has 1 aromatic heterocycles. The fraction of sp³-hybridized carbons (Fsp3) is 0.111. The van der Waals surface area contributed by atoms with Crippen molar-refractivity contribution < 1.29 is 23.8 Å². The summed E-state index contributed by atoms with van der Waals surface area (Å²) in [7, 11) is 1.49. The summed E-state index contributed by atoms with van der Waals surface area (Å²) in [6.07, 6.45) is 3.12. The summed E-state index contributed by atoms with van der Waals surface area (Å²) in [5.41, 5.74) is 4.41. The zero-order chi connectivity index (χ0) is 26.0. The van der Waals surface area contributed by atoms with Gasteiger partial charge in [0.05, 0.1) is 13.3 Å². The van der Waals surface area contributed by atoms with Gasteiger partial charge in [-0.05, 0) is 52.3 Å². The van der Waals surface area contributed by atoms with Crippen LogP contribution in [0.3, 0.4) is 0 Å². The van der Waals surface area contributed by atoms with Crippen LogP contribution in [0.4, 0.5) is 5.69 Å². The summed E-state index contributed by atoms with van der Waals surface area (Å²) in [4.78, 5) is 28.7. The average molecular weight is 563 g/mol. The van der Waals surface area contributed by atoms with E-state index in [9.17, 15) is 9.59 Å². The van der Waals surface area contributed by atoms with Crippen LogP contribution in [0.1, 0.15) is 5.56 Å². The number of carbonyl (C=O) groups is 2. The Kier molecular flexibility index (Phi) is 8.66. The molecule has 9 nitrogen and oxygen atoms in total. The molecule has 10 heteroatoms. The van der Waals surface area contributed by atoms with Gasteiger partial charge in [-0.1, -0.05) is 36.4 Å². The highest BCUT2D eigenvalue weighted by Crippen LogP contribution is 2.33. The number of amides is 2. The lowest BCUT2D eigenvalue weighted by Crippen LogP contribution is -2.24. The summed E-state index contributed by atoms with van der Waals surface area (Å²) < 4.78 is 17.3. The molecule has 0 aliphatic carbocycles. The molecular formula is C27H23BrN4O5. The van der Waals surface area contributed by atoms with E-state index in [1.807, 2.05) is 42.5 Å². The number of hydrogen-bond acceptors (Lipinski definition) is 7. The third-order valence-electron chi connectivity index (χ3n) is 5.05. The van der Waals surface area contributed by atoms with E-state index in [1.165, 1.54) is 13.3 Å². The number of pyridine rings is 1. The second kappa shape index (κ2) is 12.5. The highest BCUT2D eigenvalue weighted by molar-refractivity contribution is 9.10. The normalized spacial score (nSPS) is 10.8. The van der Waals surface area contributed by atoms with Gasteiger partial charge in [-0.2, -0.15) is 5.10 Å². The van der Waals surface area contributed by atoms with Crippen molar-refractivity contribution in [1.29, 1.82) is 0 Å². The monoisotopic (exact) mass is 562 g/mol. The van der Waals surface area contributed by atoms with E-state index in [4.69, 9.17) is 14.2 Å². The molecule has 0 saturated heterocycles. The summed E-state index contributed by atoms with van der Waals surface area (Å²) in [5, 5.41) is 7.66. The highest BCUT2D eigenvalue weighted by atomic mass is 79.9. The maximum absolute atomic E-state index is 12.2. The molecule has 0 bridgehead atoms. The molecule has 0 atom stereocenters. The number of halogens is 1. The number of nitrogens with one attached hydrogen (secondary N) is 2. The molecule has 2 amide bonds. The molecule has 1 heterocycles. The maximum Gasteiger partial charge on any atom is 0.277 e. The molecule has 4 rings (SSSR count). The van der Waals surface area contributed by atoms with Crippen LogP contribution in [-0.4, -0.2) is 43.3 Å². The zero-order valence-corrected chi connectivity index (χ0v) is 21.4. The van der Waals surface area contributed by atoms with Gasteiger partial charge in [0, 0.05) is 27.3 Å². The van der Waals surface area contributed by atoms with Crippen LogP contribution in [0.15, 0.2) is 88.6 Å². The van der Waals surface area contributed by atoms with Gasteiger partial charge in [0.2, 0.25) is 0 Å². The summed E-state index contributed by atoms with van der Waals surface area (Å²) >= 11 is 3.45. The number of methoxy groups -OCH3 is 1. The third-order valence-corrected chi connectivity index (χ3v) is 5.73. The van der Waals surface area contributed by atoms with E-state index in [2.05, 4.69) is 36.8 Å². The van der Waals surface area contributed by atoms with Gasteiger partial charge in [-0.3, -0.25) is 14.6 Å². The van der Waals surface area contributed by atoms with E-state index in [1.54, 1.807) is 36.5 Å². The SMILES string of the molecule is COc1cc(/C=N/NC(=O)COc2cccc3cccnc23)c(Br)cc1OCC(=O)Nc1ccccc1. The van der Waals surface area contributed by atoms with Crippen molar-refractivity contribution in [1.82, 2.24) is 10.4 Å². The Morgan fingerprint density at radius 1 is 0.919 bits per heavy atom. The first-order chi connectivity index (χ1) is 18.0. The molecule has 3 aromatic carbocycles. The van der Waals surface area contributed by atoms with E-state index >= 15 is 0 Å². The van der Waals surface area contributed by atoms with Crippen molar-refractivity contribution in [3.63, 3.8) is 0 Å². The molecule has 0 saturated carbocycles. The number of ether oxygens (including phenoxy) is 3. The number of carbonyl (C=O) groups excluding carboxylic acids is 2. The van der Waals surface area contributed by atoms with Crippen LogP contribution >= 0.6 is 15.9 Å². The van der Waals surface area contributed by atoms with Crippen molar-refractivity contribution in [2.75, 3.05) is 25.6 Å². The fourth-order valence-corrected chi connectivity index (χ4v) is 3.75. The third kappa shape index (κ3) is 7.05. The predicted molar refractivity (Wildman–Crippen MR) is 144 cm³/mol. The molecule has 188 valence electrons. The van der Waals surface area contributed by atoms with Crippen LogP contribution in [0, 0.1) is 0 Å². The summed E-state index contributed by atoms with van der Waals surface area (Å²) in [6.45, 7) is -0.428. The molecule has 4 aromatic rings. The predicted octanol–water partition coefficient (Wildman–Crippen LogP) is 4.55. The average Bonchev–Trinajstić information content (AvgIpc) is 2.92. The summed E-state index contributed by atoms with van der Waals surface area (Å²) in [6, 6.07) is 21.7. The second-order valence-electron chi connectivity index (χ2n) is 7.64. The Labute approximate surface area is 221 Å². The lowest BCUT2D eigenvalue weighted by molar-refractivity contribution is -0.123. The Bertz CT molecular complexity index is 1420. The molecule has 0 radical (unpaired) electrons. The zero-order valence-electron chi connectivity index (χ0n) is 19.8. The number of anilines is 1. The molecule has 37 heavy (non-hydrogen) atoms. The Morgan fingerprint density at radius 2 is 1.68 bits per heavy atom. The fourth-order valence-electron chi connectivity index (χ4n) is 3.33. The molecular weight excluding hydrogens is 540 g/mol. The standard InChI is InChI=1S/C27H23BrN4O5/c1-35-23-13-19(21(28)14-24(23)37-16-25(33)31-20-9-3-2-4-10-20)15-30-32-26(34)17-36-22-11-5-7-18-8-6-12-29-27(18)22/h2-15H,16-17H2,1H3,(H,31,33)(H,32,34)/b30-15+. The van der Waals surface area contributed by atoms with E-state index in [0.717, 1.165) is 5.39 Å². The Morgan fingerprint density at radius 3 is 2.49 bits per heavy atom. The number of para-hydroxylation sites is 2. The van der Waals surface area contributed by atoms with Gasteiger partial charge in [0.15, 0.2) is 24.7 Å². The largest absolute Gasteiger partial charge is 0.493 e. The van der Waals surface area contributed by atoms with Gasteiger partial charge >= 0.3 is 0 Å². The van der Waals surface area contributed by atoms with Gasteiger partial charge in [-0.15, -0.1) is 0 Å². The first-order valence-corrected chi connectivity index (χ1v) is 12.0. The number of benzene rings is 3. The lowest BCUT2D eigenvalue weighted by Gasteiger charge is -2.13. The number of nitrogens with zero attached hydrogens (tertiary/aromatic N) is 2. The first-order valence-electron chi connectivity index (χ1n) is 11.2. The van der Waals surface area contributed by atoms with Crippen LogP contribution in [0.2, 0.25) is 0 Å². The van der Waals surface area contributed by atoms with Gasteiger partial charge in [0.25, 0.3) is 11.8 Å². The number of aromatic nitrogens is 1. The van der Waals surface area contributed by atoms with Gasteiger partial charge in [-0.25, -0.2) is 5.43 Å². The van der Waals surface area contributed by atoms with Crippen molar-refractivity contribution in [3.8, 4) is 17.2 Å². The van der Waals surface area contributed by atoms with Gasteiger partial charge < -0.3 is 19.5 Å². The van der Waals surface area contributed by atoms with Crippen LogP contribution < -0.4 is 25.0 Å². The molecule has 0 fully saturated rings. The molecule has 0 unspecified atom stereocenters. The first kappa shape index (κ1) is 25.6. The highest BCUT2D eigenvalue weighted by Gasteiger charge is 2.12. The minimum Gasteiger partial charge on any atom is -0.493 e. The van der Waals surface area contributed by atoms with Crippen molar-refractivity contribution in [2.45, 2.75) is 0 Å². The molecule has 0 aliphatic rings. The van der Waals surface area contributed by atoms with Crippen molar-refractivity contribution >= 4 is 50.5 Å². The topological polar surface area (TPSA) is 111 Å². The van der Waals surface area contributed by atoms with Gasteiger partial charge in [0.1, 0.15) is 11.3 Å². The molecule has 0 spiro atoms. The lowest BCUT2D eigenvalue weighted by atomic mass is 10.2. The van der Waals surface area contributed by atoms with Crippen molar-refractivity contribution in [3.05, 3.63) is 89.0 Å². The molecule has 2 N–H and O–H groups in total. The van der Waals surface area contributed by atoms with Crippen LogP contribution in [0.5, 0.6) is 17.2 Å². The van der Waals surface area contributed by atoms with E-state index in [-0.39, 0.29) is 19.1 Å². The summed E-state index contributed by atoms with van der Waals surface area (Å²) in [5.74, 6) is 0.541. The quantitative estimate of drug-likeness (QED) is 0.216. The smallest absolute Gasteiger partial charge is 0.277 e. The second-order valence-corrected chi connectivity index (χ2v) is 8.49. The minimum absolute atomic E-state index is 0.201. The van der Waals surface area contributed by atoms with Crippen LogP contribution in [0.25, 0.3) is 10.9 Å². The van der Waals surface area contributed by atoms with E-state index < -0.39 is 5.91 Å². The molecule has 0 aliphatic heterocycles.